The van der Waals surface area contributed by atoms with Crippen molar-refractivity contribution in [2.24, 2.45) is 0 Å². The Morgan fingerprint density at radius 3 is 1.31 bits per heavy atom. The molecule has 0 saturated carbocycles. The summed E-state index contributed by atoms with van der Waals surface area (Å²) in [5, 5.41) is 0. The van der Waals surface area contributed by atoms with Gasteiger partial charge in [0.1, 0.15) is 0 Å². The second-order valence-corrected chi connectivity index (χ2v) is 9.69. The first kappa shape index (κ1) is 21.7. The van der Waals surface area contributed by atoms with Crippen LogP contribution in [-0.2, 0) is 19.2 Å². The summed E-state index contributed by atoms with van der Waals surface area (Å²) in [4.78, 5) is 0. The predicted molar refractivity (Wildman–Crippen MR) is 75.1 cm³/mol. The summed E-state index contributed by atoms with van der Waals surface area (Å²) in [5.41, 5.74) is 0. The molecule has 0 heterocycles. The minimum absolute atomic E-state index is 0. The first-order valence-corrected chi connectivity index (χ1v) is 9.53. The van der Waals surface area contributed by atoms with Gasteiger partial charge in [-0.15, -0.1) is 37.7 Å². The van der Waals surface area contributed by atoms with Crippen molar-refractivity contribution >= 4 is 31.0 Å². The second kappa shape index (κ2) is 17.9. The molecule has 2 aliphatic rings. The van der Waals surface area contributed by atoms with Gasteiger partial charge in [-0.3, -0.25) is 12.2 Å². The Morgan fingerprint density at radius 2 is 1.25 bits per heavy atom. The zero-order valence-electron chi connectivity index (χ0n) is 9.69. The van der Waals surface area contributed by atoms with E-state index in [9.17, 15) is 0 Å². The molecule has 2 aliphatic carbocycles. The molecule has 88 valence electrons. The van der Waals surface area contributed by atoms with Crippen molar-refractivity contribution in [1.82, 2.24) is 0 Å². The number of hydrogen-bond acceptors (Lipinski definition) is 0. The molecule has 0 radical (unpaired) electrons. The summed E-state index contributed by atoms with van der Waals surface area (Å²) in [5.74, 6) is 0. The molecule has 0 aliphatic heterocycles. The molecule has 0 fully saturated rings. The van der Waals surface area contributed by atoms with Crippen LogP contribution in [-0.4, -0.2) is 6.19 Å². The Hall–Kier alpha value is 0.471. The van der Waals surface area contributed by atoms with Crippen molar-refractivity contribution < 1.29 is 19.2 Å². The first-order valence-electron chi connectivity index (χ1n) is 4.68. The fraction of sp³-hybridized carbons (Fsp3) is 0.333. The van der Waals surface area contributed by atoms with Crippen LogP contribution in [0.15, 0.2) is 36.5 Å². The van der Waals surface area contributed by atoms with Crippen LogP contribution in [0.25, 0.3) is 0 Å². The average molecular weight is 309 g/mol. The molecule has 2 rings (SSSR count). The Balaban J connectivity index is -0.000000151. The fourth-order valence-electron chi connectivity index (χ4n) is 0.680. The molecule has 0 aromatic rings. The van der Waals surface area contributed by atoms with Gasteiger partial charge in [0, 0.05) is 0 Å². The van der Waals surface area contributed by atoms with Crippen LogP contribution in [0.5, 0.6) is 0 Å². The standard InChI is InChI=1S/2C5H5.C2H6Si.2ClH.Ti/c2*1-2-4-5-3-1;1-3-2;;;/h2*1-3H,4H2;1-2H3;2*1H;/q2*-1;;;;+2. The van der Waals surface area contributed by atoms with E-state index in [2.05, 4.69) is 56.6 Å². The first-order chi connectivity index (χ1) is 6.73. The summed E-state index contributed by atoms with van der Waals surface area (Å²) in [7, 11) is 0. The molecule has 0 spiro atoms. The average Bonchev–Trinajstić information content (AvgIpc) is 2.83. The predicted octanol–water partition coefficient (Wildman–Crippen LogP) is 4.24. The van der Waals surface area contributed by atoms with E-state index in [4.69, 9.17) is 0 Å². The van der Waals surface area contributed by atoms with Crippen LogP contribution < -0.4 is 0 Å². The Kier molecular flexibility index (Phi) is 24.2. The van der Waals surface area contributed by atoms with Gasteiger partial charge >= 0.3 is 38.5 Å². The molecule has 0 N–H and O–H groups in total. The van der Waals surface area contributed by atoms with Crippen molar-refractivity contribution in [3.63, 3.8) is 0 Å². The van der Waals surface area contributed by atoms with E-state index in [-0.39, 0.29) is 31.0 Å². The molecule has 0 atom stereocenters. The van der Waals surface area contributed by atoms with Gasteiger partial charge in [-0.1, -0.05) is 0 Å². The van der Waals surface area contributed by atoms with Crippen LogP contribution in [0.3, 0.4) is 0 Å². The minimum Gasteiger partial charge on any atom is -0.273 e. The van der Waals surface area contributed by atoms with E-state index in [0.29, 0.717) is 0 Å². The summed E-state index contributed by atoms with van der Waals surface area (Å²) in [6.07, 6.45) is 20.1. The summed E-state index contributed by atoms with van der Waals surface area (Å²) >= 11 is 2.27. The number of halogens is 2. The summed E-state index contributed by atoms with van der Waals surface area (Å²) < 4.78 is 0. The van der Waals surface area contributed by atoms with Crippen molar-refractivity contribution in [3.05, 3.63) is 48.6 Å². The molecular weight excluding hydrogens is 291 g/mol. The molecule has 0 aromatic carbocycles. The number of hydrogen-bond donors (Lipinski definition) is 0. The van der Waals surface area contributed by atoms with Crippen molar-refractivity contribution in [3.8, 4) is 0 Å². The Morgan fingerprint density at radius 1 is 0.938 bits per heavy atom. The molecule has 0 nitrogen and oxygen atoms in total. The molecule has 0 aromatic heterocycles. The Labute approximate surface area is 124 Å². The van der Waals surface area contributed by atoms with Gasteiger partial charge in [0.2, 0.25) is 0 Å². The number of rotatable bonds is 0. The van der Waals surface area contributed by atoms with E-state index in [1.165, 1.54) is 0 Å². The minimum atomic E-state index is 0. The van der Waals surface area contributed by atoms with E-state index >= 15 is 0 Å². The monoisotopic (exact) mass is 308 g/mol. The van der Waals surface area contributed by atoms with Crippen molar-refractivity contribution in [2.45, 2.75) is 25.9 Å². The maximum Gasteiger partial charge on any atom is -0.109 e. The van der Waals surface area contributed by atoms with Gasteiger partial charge in [0.25, 0.3) is 0 Å². The quantitative estimate of drug-likeness (QED) is 0.464. The van der Waals surface area contributed by atoms with Gasteiger partial charge in [-0.05, 0) is 0 Å². The third kappa shape index (κ3) is 24.0. The smallest absolute Gasteiger partial charge is 0.109 e. The zero-order chi connectivity index (χ0) is 10.6. The third-order valence-corrected chi connectivity index (χ3v) is 1.17. The van der Waals surface area contributed by atoms with Crippen molar-refractivity contribution in [2.75, 3.05) is 0 Å². The maximum absolute atomic E-state index is 2.99. The van der Waals surface area contributed by atoms with Crippen LogP contribution in [0.1, 0.15) is 12.8 Å². The van der Waals surface area contributed by atoms with Crippen molar-refractivity contribution in [1.29, 1.82) is 0 Å². The fourth-order valence-corrected chi connectivity index (χ4v) is 0.680. The van der Waals surface area contributed by atoms with E-state index in [1.807, 2.05) is 24.3 Å². The molecular formula is C12H18Cl2SiTi. The zero-order valence-corrected chi connectivity index (χ0v) is 13.9. The van der Waals surface area contributed by atoms with Crippen LogP contribution in [0, 0.1) is 12.2 Å². The second-order valence-electron chi connectivity index (χ2n) is 3.01. The molecule has 0 bridgehead atoms. The molecule has 4 heteroatoms. The SMILES string of the molecule is C[Si](C)=[Ti+2].Cl.Cl.[C-]1=CC=CC1.[C-]1=CC=CC1. The van der Waals surface area contributed by atoms with Crippen LogP contribution in [0.2, 0.25) is 13.1 Å². The van der Waals surface area contributed by atoms with E-state index in [0.717, 1.165) is 12.8 Å². The number of allylic oxidation sites excluding steroid dienone is 8. The van der Waals surface area contributed by atoms with Gasteiger partial charge in [0.05, 0.1) is 0 Å². The van der Waals surface area contributed by atoms with Gasteiger partial charge < -0.3 is 0 Å². The van der Waals surface area contributed by atoms with Crippen LogP contribution in [0.4, 0.5) is 0 Å². The topological polar surface area (TPSA) is 0 Å². The molecule has 0 unspecified atom stereocenters. The molecule has 16 heavy (non-hydrogen) atoms. The largest absolute Gasteiger partial charge is 0.273 e. The summed E-state index contributed by atoms with van der Waals surface area (Å²) in [6, 6.07) is 0. The molecule has 0 amide bonds. The maximum atomic E-state index is 2.99. The normalized spacial score (nSPS) is 12.8. The summed E-state index contributed by atoms with van der Waals surface area (Å²) in [6.45, 7) is 4.54. The van der Waals surface area contributed by atoms with Gasteiger partial charge in [-0.25, -0.2) is 24.3 Å². The van der Waals surface area contributed by atoms with Gasteiger partial charge in [0.15, 0.2) is 0 Å². The van der Waals surface area contributed by atoms with Crippen LogP contribution >= 0.6 is 24.8 Å². The van der Waals surface area contributed by atoms with E-state index in [1.54, 1.807) is 0 Å². The Bertz CT molecular complexity index is 222. The third-order valence-electron chi connectivity index (χ3n) is 1.17. The van der Waals surface area contributed by atoms with E-state index < -0.39 is 0 Å². The molecule has 0 saturated heterocycles. The van der Waals surface area contributed by atoms with Gasteiger partial charge in [-0.2, -0.15) is 12.2 Å².